The second kappa shape index (κ2) is 8.98. The van der Waals surface area contributed by atoms with Crippen LogP contribution in [0.1, 0.15) is 50.0 Å². The Morgan fingerprint density at radius 1 is 0.629 bits per heavy atom. The summed E-state index contributed by atoms with van der Waals surface area (Å²) in [4.78, 5) is 29.1. The van der Waals surface area contributed by atoms with Crippen molar-refractivity contribution in [3.63, 3.8) is 0 Å². The molecule has 0 radical (unpaired) electrons. The number of nitrogens with zero attached hydrogens (tertiary/aromatic N) is 1. The van der Waals surface area contributed by atoms with Crippen molar-refractivity contribution in [3.8, 4) is 11.1 Å². The van der Waals surface area contributed by atoms with Crippen molar-refractivity contribution in [1.82, 2.24) is 0 Å². The standard InChI is InChI=1S/C31H26ClNO2/c32-23-16-18-24(19-17-23)33-25-8-4-10-27(34)30(25)29(31-26(33)9-5-11-28(31)35)22-14-12-21(13-15-22)20-6-2-1-3-7-20/h1-3,6-7,12-19,29H,4-5,8-11H2. The fraction of sp³-hybridized carbons (Fsp3) is 0.226. The average molecular weight is 480 g/mol. The van der Waals surface area contributed by atoms with Crippen molar-refractivity contribution < 1.29 is 9.59 Å². The first kappa shape index (κ1) is 22.1. The molecule has 3 nitrogen and oxygen atoms in total. The summed E-state index contributed by atoms with van der Waals surface area (Å²) in [6, 6.07) is 26.4. The highest BCUT2D eigenvalue weighted by atomic mass is 35.5. The third-order valence-corrected chi connectivity index (χ3v) is 7.66. The number of benzene rings is 3. The fourth-order valence-electron chi connectivity index (χ4n) is 5.85. The van der Waals surface area contributed by atoms with E-state index in [2.05, 4.69) is 41.3 Å². The first-order valence-corrected chi connectivity index (χ1v) is 12.7. The number of halogens is 1. The predicted molar refractivity (Wildman–Crippen MR) is 140 cm³/mol. The van der Waals surface area contributed by atoms with Gasteiger partial charge in [-0.25, -0.2) is 0 Å². The summed E-state index contributed by atoms with van der Waals surface area (Å²) in [5.41, 5.74) is 7.96. The molecule has 0 saturated carbocycles. The highest BCUT2D eigenvalue weighted by Crippen LogP contribution is 2.50. The predicted octanol–water partition coefficient (Wildman–Crippen LogP) is 7.63. The van der Waals surface area contributed by atoms with Crippen LogP contribution in [0.3, 0.4) is 0 Å². The van der Waals surface area contributed by atoms with Gasteiger partial charge < -0.3 is 4.90 Å². The van der Waals surface area contributed by atoms with E-state index in [9.17, 15) is 9.59 Å². The van der Waals surface area contributed by atoms with Crippen molar-refractivity contribution in [2.45, 2.75) is 44.4 Å². The summed E-state index contributed by atoms with van der Waals surface area (Å²) in [6.07, 6.45) is 4.38. The van der Waals surface area contributed by atoms with Gasteiger partial charge >= 0.3 is 0 Å². The van der Waals surface area contributed by atoms with Gasteiger partial charge in [-0.1, -0.05) is 66.2 Å². The van der Waals surface area contributed by atoms with Crippen LogP contribution in [0.5, 0.6) is 0 Å². The lowest BCUT2D eigenvalue weighted by atomic mass is 9.70. The minimum Gasteiger partial charge on any atom is -0.317 e. The van der Waals surface area contributed by atoms with Gasteiger partial charge in [0.1, 0.15) is 0 Å². The van der Waals surface area contributed by atoms with Crippen LogP contribution in [-0.2, 0) is 9.59 Å². The van der Waals surface area contributed by atoms with Crippen LogP contribution in [0.25, 0.3) is 11.1 Å². The minimum absolute atomic E-state index is 0.160. The Labute approximate surface area is 210 Å². The van der Waals surface area contributed by atoms with Gasteiger partial charge in [-0.15, -0.1) is 0 Å². The van der Waals surface area contributed by atoms with Gasteiger partial charge in [-0.3, -0.25) is 9.59 Å². The maximum Gasteiger partial charge on any atom is 0.161 e. The lowest BCUT2D eigenvalue weighted by molar-refractivity contribution is -0.116. The molecule has 3 aliphatic rings. The molecule has 1 aliphatic heterocycles. The van der Waals surface area contributed by atoms with Gasteiger partial charge in [-0.05, 0) is 66.6 Å². The molecular formula is C31H26ClNO2. The Morgan fingerprint density at radius 3 is 1.74 bits per heavy atom. The second-order valence-corrected chi connectivity index (χ2v) is 9.94. The normalized spacial score (nSPS) is 18.6. The van der Waals surface area contributed by atoms with Crippen molar-refractivity contribution in [2.75, 3.05) is 4.90 Å². The number of hydrogen-bond donors (Lipinski definition) is 0. The van der Waals surface area contributed by atoms with Gasteiger partial charge in [0.05, 0.1) is 0 Å². The molecule has 2 aliphatic carbocycles. The van der Waals surface area contributed by atoms with Crippen LogP contribution in [0.2, 0.25) is 5.02 Å². The molecule has 3 aromatic carbocycles. The average Bonchev–Trinajstić information content (AvgIpc) is 2.89. The van der Waals surface area contributed by atoms with Gasteiger partial charge in [0.25, 0.3) is 0 Å². The molecule has 0 aromatic heterocycles. The molecular weight excluding hydrogens is 454 g/mol. The van der Waals surface area contributed by atoms with E-state index >= 15 is 0 Å². The van der Waals surface area contributed by atoms with Gasteiger partial charge in [0.15, 0.2) is 11.6 Å². The Balaban J connectivity index is 1.53. The monoisotopic (exact) mass is 479 g/mol. The van der Waals surface area contributed by atoms with Crippen LogP contribution < -0.4 is 4.90 Å². The number of anilines is 1. The Hall–Kier alpha value is -3.43. The highest BCUT2D eigenvalue weighted by Gasteiger charge is 2.43. The topological polar surface area (TPSA) is 37.4 Å². The number of ketones is 2. The van der Waals surface area contributed by atoms with E-state index in [1.54, 1.807) is 0 Å². The molecule has 3 aromatic rings. The number of carbonyl (C=O) groups is 2. The van der Waals surface area contributed by atoms with E-state index in [4.69, 9.17) is 11.6 Å². The second-order valence-electron chi connectivity index (χ2n) is 9.51. The molecule has 0 N–H and O–H groups in total. The summed E-state index contributed by atoms with van der Waals surface area (Å²) in [5, 5.41) is 0.671. The zero-order valence-electron chi connectivity index (χ0n) is 19.5. The minimum atomic E-state index is -0.297. The SMILES string of the molecule is O=C1CCCC2=C1C(c1ccc(-c3ccccc3)cc1)C1=C(CCCC1=O)N2c1ccc(Cl)cc1. The van der Waals surface area contributed by atoms with Crippen LogP contribution >= 0.6 is 11.6 Å². The molecule has 6 rings (SSSR count). The number of rotatable bonds is 3. The number of carbonyl (C=O) groups excluding carboxylic acids is 2. The molecule has 0 saturated heterocycles. The molecule has 0 spiro atoms. The van der Waals surface area contributed by atoms with Crippen LogP contribution in [-0.4, -0.2) is 11.6 Å². The van der Waals surface area contributed by atoms with E-state index in [1.165, 1.54) is 0 Å². The fourth-order valence-corrected chi connectivity index (χ4v) is 5.98. The van der Waals surface area contributed by atoms with E-state index in [1.807, 2.05) is 42.5 Å². The zero-order chi connectivity index (χ0) is 23.9. The molecule has 0 atom stereocenters. The highest BCUT2D eigenvalue weighted by molar-refractivity contribution is 6.30. The lowest BCUT2D eigenvalue weighted by Gasteiger charge is -2.44. The largest absolute Gasteiger partial charge is 0.317 e. The zero-order valence-corrected chi connectivity index (χ0v) is 20.2. The lowest BCUT2D eigenvalue weighted by Crippen LogP contribution is -2.39. The summed E-state index contributed by atoms with van der Waals surface area (Å²) >= 11 is 6.18. The molecule has 0 amide bonds. The summed E-state index contributed by atoms with van der Waals surface area (Å²) < 4.78 is 0. The smallest absolute Gasteiger partial charge is 0.161 e. The van der Waals surface area contributed by atoms with Crippen LogP contribution in [0.15, 0.2) is 101 Å². The molecule has 0 fully saturated rings. The third-order valence-electron chi connectivity index (χ3n) is 7.41. The molecule has 174 valence electrons. The van der Waals surface area contributed by atoms with Crippen molar-refractivity contribution in [3.05, 3.63) is 112 Å². The first-order valence-electron chi connectivity index (χ1n) is 12.4. The van der Waals surface area contributed by atoms with E-state index < -0.39 is 0 Å². The van der Waals surface area contributed by atoms with Gasteiger partial charge in [0, 0.05) is 52.0 Å². The maximum atomic E-state index is 13.5. The van der Waals surface area contributed by atoms with Gasteiger partial charge in [0.2, 0.25) is 0 Å². The van der Waals surface area contributed by atoms with E-state index in [0.29, 0.717) is 17.9 Å². The maximum absolute atomic E-state index is 13.5. The number of hydrogen-bond acceptors (Lipinski definition) is 3. The van der Waals surface area contributed by atoms with Gasteiger partial charge in [-0.2, -0.15) is 0 Å². The number of Topliss-reactive ketones (excluding diaryl/α,β-unsaturated/α-hetero) is 2. The Kier molecular flexibility index (Phi) is 5.66. The quantitative estimate of drug-likeness (QED) is 0.387. The Morgan fingerprint density at radius 2 is 1.17 bits per heavy atom. The Bertz CT molecular complexity index is 1320. The van der Waals surface area contributed by atoms with Crippen LogP contribution in [0, 0.1) is 0 Å². The first-order chi connectivity index (χ1) is 17.1. The van der Waals surface area contributed by atoms with Crippen molar-refractivity contribution in [2.24, 2.45) is 0 Å². The van der Waals surface area contributed by atoms with E-state index in [-0.39, 0.29) is 17.5 Å². The van der Waals surface area contributed by atoms with E-state index in [0.717, 1.165) is 70.6 Å². The number of allylic oxidation sites excluding steroid dienone is 4. The molecule has 4 heteroatoms. The molecule has 0 bridgehead atoms. The van der Waals surface area contributed by atoms with Crippen LogP contribution in [0.4, 0.5) is 5.69 Å². The van der Waals surface area contributed by atoms with Crippen molar-refractivity contribution >= 4 is 28.9 Å². The summed E-state index contributed by atoms with van der Waals surface area (Å²) in [5.74, 6) is 0.0218. The summed E-state index contributed by atoms with van der Waals surface area (Å²) in [7, 11) is 0. The third kappa shape index (κ3) is 3.84. The summed E-state index contributed by atoms with van der Waals surface area (Å²) in [6.45, 7) is 0. The van der Waals surface area contributed by atoms with Crippen molar-refractivity contribution in [1.29, 1.82) is 0 Å². The molecule has 0 unspecified atom stereocenters. The molecule has 1 heterocycles. The molecule has 35 heavy (non-hydrogen) atoms.